The molecule has 0 aliphatic rings. The van der Waals surface area contributed by atoms with Crippen LogP contribution in [0.25, 0.3) is 0 Å². The third-order valence-electron chi connectivity index (χ3n) is 2.23. The van der Waals surface area contributed by atoms with Crippen LogP contribution in [0.15, 0.2) is 6.20 Å². The third-order valence-corrected chi connectivity index (χ3v) is 2.23. The Morgan fingerprint density at radius 1 is 1.42 bits per heavy atom. The lowest BCUT2D eigenvalue weighted by Crippen LogP contribution is -2.32. The first-order chi connectivity index (χ1) is 8.81. The first kappa shape index (κ1) is 15.9. The van der Waals surface area contributed by atoms with E-state index >= 15 is 0 Å². The number of aromatic nitrogens is 2. The van der Waals surface area contributed by atoms with Crippen LogP contribution in [0.5, 0.6) is 0 Å². The highest BCUT2D eigenvalue weighted by molar-refractivity contribution is 5.00. The zero-order valence-electron chi connectivity index (χ0n) is 10.7. The van der Waals surface area contributed by atoms with Gasteiger partial charge >= 0.3 is 12.3 Å². The summed E-state index contributed by atoms with van der Waals surface area (Å²) in [7, 11) is 0. The number of imidazole rings is 1. The molecule has 0 amide bonds. The first-order valence-electron chi connectivity index (χ1n) is 5.81. The van der Waals surface area contributed by atoms with Gasteiger partial charge < -0.3 is 15.0 Å². The average Bonchev–Trinajstić information content (AvgIpc) is 2.74. The van der Waals surface area contributed by atoms with E-state index in [0.717, 1.165) is 5.69 Å². The van der Waals surface area contributed by atoms with E-state index < -0.39 is 19.0 Å². The summed E-state index contributed by atoms with van der Waals surface area (Å²) in [5.41, 5.74) is 0.771. The Labute approximate surface area is 108 Å². The Hall–Kier alpha value is -1.15. The molecule has 0 radical (unpaired) electrons. The molecule has 0 bridgehead atoms. The fourth-order valence-electron chi connectivity index (χ4n) is 1.23. The molecule has 8 heteroatoms. The van der Waals surface area contributed by atoms with Gasteiger partial charge in [0, 0.05) is 24.5 Å². The van der Waals surface area contributed by atoms with E-state index in [4.69, 9.17) is 0 Å². The van der Waals surface area contributed by atoms with Gasteiger partial charge in [-0.05, 0) is 0 Å². The van der Waals surface area contributed by atoms with E-state index in [-0.39, 0.29) is 6.61 Å². The van der Waals surface area contributed by atoms with Crippen LogP contribution in [0.1, 0.15) is 25.4 Å². The van der Waals surface area contributed by atoms with Crippen molar-refractivity contribution in [1.29, 1.82) is 0 Å². The van der Waals surface area contributed by atoms with Crippen molar-refractivity contribution in [2.24, 2.45) is 0 Å². The van der Waals surface area contributed by atoms with Crippen LogP contribution in [-0.2, 0) is 17.9 Å². The summed E-state index contributed by atoms with van der Waals surface area (Å²) < 4.78 is 53.4. The zero-order valence-corrected chi connectivity index (χ0v) is 10.7. The minimum absolute atomic E-state index is 0.260. The Bertz CT molecular complexity index is 382. The minimum atomic E-state index is -4.13. The normalized spacial score (nSPS) is 12.6. The number of H-pyrrole nitrogens is 1. The Kier molecular flexibility index (Phi) is 5.74. The largest absolute Gasteiger partial charge is 0.367 e. The van der Waals surface area contributed by atoms with Crippen molar-refractivity contribution >= 4 is 0 Å². The number of ether oxygens (including phenoxy) is 1. The molecule has 2 N–H and O–H groups in total. The second-order valence-electron chi connectivity index (χ2n) is 4.45. The second-order valence-corrected chi connectivity index (χ2v) is 4.45. The first-order valence-corrected chi connectivity index (χ1v) is 5.81. The molecule has 0 unspecified atom stereocenters. The van der Waals surface area contributed by atoms with Gasteiger partial charge in [0.25, 0.3) is 0 Å². The molecule has 1 aromatic heterocycles. The van der Waals surface area contributed by atoms with Crippen molar-refractivity contribution in [1.82, 2.24) is 15.3 Å². The van der Waals surface area contributed by atoms with Crippen LogP contribution < -0.4 is 5.32 Å². The van der Waals surface area contributed by atoms with E-state index in [0.29, 0.717) is 18.4 Å². The topological polar surface area (TPSA) is 49.9 Å². The third kappa shape index (κ3) is 5.56. The molecule has 0 atom stereocenters. The number of halogens is 4. The predicted molar refractivity (Wildman–Crippen MR) is 61.2 cm³/mol. The molecule has 1 rings (SSSR count). The lowest BCUT2D eigenvalue weighted by Gasteiger charge is -2.14. The lowest BCUT2D eigenvalue weighted by molar-refractivity contribution is -0.168. The summed E-state index contributed by atoms with van der Waals surface area (Å²) in [5.74, 6) is -3.81. The lowest BCUT2D eigenvalue weighted by atomic mass is 10.3. The van der Waals surface area contributed by atoms with E-state index in [1.807, 2.05) is 13.8 Å². The van der Waals surface area contributed by atoms with Crippen LogP contribution in [0.4, 0.5) is 17.6 Å². The standard InChI is InChI=1S/C11H17F4N3O/c1-7(2)16-3-8-4-17-9(18-8)5-19-6-11(14,15)10(12)13/h4,7,10,16H,3,5-6H2,1-2H3,(H,17,18). The number of nitrogens with zero attached hydrogens (tertiary/aromatic N) is 1. The number of hydrogen-bond acceptors (Lipinski definition) is 3. The number of alkyl halides is 4. The number of aromatic amines is 1. The van der Waals surface area contributed by atoms with Gasteiger partial charge in [0.1, 0.15) is 19.0 Å². The maximum Gasteiger partial charge on any atom is 0.330 e. The molecular weight excluding hydrogens is 266 g/mol. The van der Waals surface area contributed by atoms with Gasteiger partial charge in [-0.1, -0.05) is 13.8 Å². The highest BCUT2D eigenvalue weighted by Gasteiger charge is 2.40. The quantitative estimate of drug-likeness (QED) is 0.720. The monoisotopic (exact) mass is 283 g/mol. The van der Waals surface area contributed by atoms with E-state index in [2.05, 4.69) is 20.0 Å². The summed E-state index contributed by atoms with van der Waals surface area (Å²) in [4.78, 5) is 6.76. The molecule has 0 aliphatic carbocycles. The average molecular weight is 283 g/mol. The summed E-state index contributed by atoms with van der Waals surface area (Å²) in [6, 6.07) is 0.299. The van der Waals surface area contributed by atoms with Gasteiger partial charge in [-0.15, -0.1) is 0 Å². The molecule has 0 saturated heterocycles. The van der Waals surface area contributed by atoms with Gasteiger partial charge in [-0.2, -0.15) is 8.78 Å². The summed E-state index contributed by atoms with van der Waals surface area (Å²) >= 11 is 0. The molecule has 1 aromatic rings. The van der Waals surface area contributed by atoms with E-state index in [9.17, 15) is 17.6 Å². The molecule has 4 nitrogen and oxygen atoms in total. The number of nitrogens with one attached hydrogen (secondary N) is 2. The Balaban J connectivity index is 2.34. The van der Waals surface area contributed by atoms with Crippen molar-refractivity contribution in [2.75, 3.05) is 6.61 Å². The Morgan fingerprint density at radius 3 is 2.68 bits per heavy atom. The maximum absolute atomic E-state index is 12.5. The van der Waals surface area contributed by atoms with Gasteiger partial charge in [0.15, 0.2) is 0 Å². The smallest absolute Gasteiger partial charge is 0.330 e. The molecule has 0 aliphatic heterocycles. The van der Waals surface area contributed by atoms with Crippen molar-refractivity contribution in [3.63, 3.8) is 0 Å². The van der Waals surface area contributed by atoms with Crippen molar-refractivity contribution < 1.29 is 22.3 Å². The second kappa shape index (κ2) is 6.85. The molecule has 1 heterocycles. The number of rotatable bonds is 8. The Morgan fingerprint density at radius 2 is 2.11 bits per heavy atom. The maximum atomic E-state index is 12.5. The molecule has 0 aromatic carbocycles. The van der Waals surface area contributed by atoms with Gasteiger partial charge in [0.2, 0.25) is 0 Å². The fourth-order valence-corrected chi connectivity index (χ4v) is 1.23. The van der Waals surface area contributed by atoms with Crippen molar-refractivity contribution in [3.05, 3.63) is 17.7 Å². The number of hydrogen-bond donors (Lipinski definition) is 2. The van der Waals surface area contributed by atoms with Crippen LogP contribution in [0.3, 0.4) is 0 Å². The summed E-state index contributed by atoms with van der Waals surface area (Å²) in [5, 5.41) is 3.14. The van der Waals surface area contributed by atoms with Gasteiger partial charge in [-0.25, -0.2) is 13.8 Å². The molecule has 110 valence electrons. The minimum Gasteiger partial charge on any atom is -0.367 e. The summed E-state index contributed by atoms with van der Waals surface area (Å²) in [6.07, 6.45) is -2.19. The molecule has 19 heavy (non-hydrogen) atoms. The van der Waals surface area contributed by atoms with Crippen LogP contribution in [-0.4, -0.2) is 35.0 Å². The van der Waals surface area contributed by atoms with Crippen LogP contribution in [0, 0.1) is 0 Å². The van der Waals surface area contributed by atoms with E-state index in [1.54, 1.807) is 6.20 Å². The van der Waals surface area contributed by atoms with Gasteiger partial charge in [0.05, 0.1) is 0 Å². The molecular formula is C11H17F4N3O. The predicted octanol–water partition coefficient (Wildman–Crippen LogP) is 2.32. The highest BCUT2D eigenvalue weighted by Crippen LogP contribution is 2.23. The van der Waals surface area contributed by atoms with Gasteiger partial charge in [-0.3, -0.25) is 0 Å². The highest BCUT2D eigenvalue weighted by atomic mass is 19.3. The van der Waals surface area contributed by atoms with E-state index in [1.165, 1.54) is 0 Å². The van der Waals surface area contributed by atoms with Crippen LogP contribution >= 0.6 is 0 Å². The molecule has 0 spiro atoms. The zero-order chi connectivity index (χ0) is 14.5. The molecule has 0 saturated carbocycles. The fraction of sp³-hybridized carbons (Fsp3) is 0.727. The van der Waals surface area contributed by atoms with Crippen molar-refractivity contribution in [2.45, 2.75) is 45.4 Å². The summed E-state index contributed by atoms with van der Waals surface area (Å²) in [6.45, 7) is 2.92. The SMILES string of the molecule is CC(C)NCc1cnc(COCC(F)(F)C(F)F)[nH]1. The van der Waals surface area contributed by atoms with Crippen LogP contribution in [0.2, 0.25) is 0 Å². The van der Waals surface area contributed by atoms with Crippen molar-refractivity contribution in [3.8, 4) is 0 Å². The molecule has 0 fully saturated rings.